The average Bonchev–Trinajstić information content (AvgIpc) is 3.66. The number of fused-ring (bicyclic) bond motifs is 2. The van der Waals surface area contributed by atoms with E-state index in [1.165, 1.54) is 0 Å². The number of carbonyl (C=O) groups is 2. The molecule has 2 atom stereocenters. The van der Waals surface area contributed by atoms with Crippen LogP contribution in [0, 0.1) is 0 Å². The zero-order valence-corrected chi connectivity index (χ0v) is 28.9. The monoisotopic (exact) mass is 670 g/mol. The molecule has 260 valence electrons. The summed E-state index contributed by atoms with van der Waals surface area (Å²) in [5, 5.41) is 14.8. The van der Waals surface area contributed by atoms with Gasteiger partial charge in [-0.15, -0.1) is 0 Å². The molecule has 3 aromatic carbocycles. The minimum absolute atomic E-state index is 0.152. The molecule has 2 amide bonds. The first kappa shape index (κ1) is 35.4. The average molecular weight is 671 g/mol. The number of rotatable bonds is 13. The number of amides is 2. The number of alkyl carbamates (subject to hydrolysis) is 1. The lowest BCUT2D eigenvalue weighted by atomic mass is 10.0. The highest BCUT2D eigenvalue weighted by atomic mass is 16.5. The standard InChI is InChI=1S/C37H46N6O6/c1-36(2,3)48-21-30(42-34(44)45)32-38-26-16-14-23(18-28(26)40-32)12-13-24-15-17-27-29(19-24)41-33(39-27)31(22-49-37(4,5)6)43-35(46)47-20-25-10-8-7-9-11-25/h7-11,14-19,30-31,42H,12-13,20-22H2,1-6H3,(H,38,40)(H,39,41)(H,43,46)(H,44,45)/t30-,31-/m0/s1. The van der Waals surface area contributed by atoms with Gasteiger partial charge in [0.25, 0.3) is 0 Å². The summed E-state index contributed by atoms with van der Waals surface area (Å²) in [4.78, 5) is 40.3. The summed E-state index contributed by atoms with van der Waals surface area (Å²) < 4.78 is 17.3. The zero-order chi connectivity index (χ0) is 35.2. The summed E-state index contributed by atoms with van der Waals surface area (Å²) in [6, 6.07) is 20.5. The van der Waals surface area contributed by atoms with E-state index in [9.17, 15) is 14.7 Å². The third kappa shape index (κ3) is 10.5. The number of ether oxygens (including phenoxy) is 3. The van der Waals surface area contributed by atoms with Crippen molar-refractivity contribution in [2.75, 3.05) is 13.2 Å². The van der Waals surface area contributed by atoms with Crippen LogP contribution >= 0.6 is 0 Å². The van der Waals surface area contributed by atoms with Crippen LogP contribution in [0.2, 0.25) is 0 Å². The maximum absolute atomic E-state index is 12.8. The van der Waals surface area contributed by atoms with Gasteiger partial charge in [0, 0.05) is 0 Å². The molecule has 5 N–H and O–H groups in total. The summed E-state index contributed by atoms with van der Waals surface area (Å²) in [5.41, 5.74) is 5.51. The normalized spacial score (nSPS) is 13.3. The van der Waals surface area contributed by atoms with Crippen LogP contribution in [-0.4, -0.2) is 61.6 Å². The highest BCUT2D eigenvalue weighted by Gasteiger charge is 2.24. The van der Waals surface area contributed by atoms with Crippen molar-refractivity contribution in [3.05, 3.63) is 95.1 Å². The van der Waals surface area contributed by atoms with Crippen LogP contribution in [0.1, 0.15) is 82.0 Å². The number of carbonyl (C=O) groups excluding carboxylic acids is 1. The van der Waals surface area contributed by atoms with Crippen molar-refractivity contribution in [2.24, 2.45) is 0 Å². The summed E-state index contributed by atoms with van der Waals surface area (Å²) in [7, 11) is 0. The number of nitrogens with zero attached hydrogens (tertiary/aromatic N) is 2. The molecule has 5 rings (SSSR count). The predicted molar refractivity (Wildman–Crippen MR) is 187 cm³/mol. The van der Waals surface area contributed by atoms with Gasteiger partial charge in [-0.1, -0.05) is 42.5 Å². The first-order chi connectivity index (χ1) is 23.2. The van der Waals surface area contributed by atoms with Crippen LogP contribution in [-0.2, 0) is 33.7 Å². The third-order valence-electron chi connectivity index (χ3n) is 7.66. The van der Waals surface area contributed by atoms with Crippen LogP contribution in [0.5, 0.6) is 0 Å². The first-order valence-electron chi connectivity index (χ1n) is 16.4. The Morgan fingerprint density at radius 3 is 1.67 bits per heavy atom. The molecule has 49 heavy (non-hydrogen) atoms. The van der Waals surface area contributed by atoms with Gasteiger partial charge in [-0.25, -0.2) is 19.6 Å². The molecule has 0 radical (unpaired) electrons. The summed E-state index contributed by atoms with van der Waals surface area (Å²) in [6.07, 6.45) is -0.144. The molecule has 12 nitrogen and oxygen atoms in total. The van der Waals surface area contributed by atoms with Gasteiger partial charge in [0.15, 0.2) is 0 Å². The van der Waals surface area contributed by atoms with E-state index in [1.54, 1.807) is 0 Å². The van der Waals surface area contributed by atoms with E-state index in [4.69, 9.17) is 19.2 Å². The van der Waals surface area contributed by atoms with E-state index in [-0.39, 0.29) is 19.8 Å². The fraction of sp³-hybridized carbons (Fsp3) is 0.405. The van der Waals surface area contributed by atoms with Crippen LogP contribution in [0.15, 0.2) is 66.7 Å². The molecule has 0 saturated heterocycles. The summed E-state index contributed by atoms with van der Waals surface area (Å²) >= 11 is 0. The Morgan fingerprint density at radius 1 is 0.714 bits per heavy atom. The Kier molecular flexibility index (Phi) is 10.9. The van der Waals surface area contributed by atoms with Gasteiger partial charge in [-0.3, -0.25) is 0 Å². The van der Waals surface area contributed by atoms with Crippen molar-refractivity contribution in [2.45, 2.75) is 84.3 Å². The largest absolute Gasteiger partial charge is 0.465 e. The van der Waals surface area contributed by atoms with Crippen molar-refractivity contribution in [3.63, 3.8) is 0 Å². The molecule has 0 spiro atoms. The van der Waals surface area contributed by atoms with Gasteiger partial charge in [-0.2, -0.15) is 0 Å². The lowest BCUT2D eigenvalue weighted by molar-refractivity contribution is -0.0160. The van der Waals surface area contributed by atoms with Gasteiger partial charge >= 0.3 is 12.2 Å². The number of hydrogen-bond donors (Lipinski definition) is 5. The zero-order valence-electron chi connectivity index (χ0n) is 28.9. The lowest BCUT2D eigenvalue weighted by Crippen LogP contribution is -2.35. The number of imidazole rings is 2. The fourth-order valence-electron chi connectivity index (χ4n) is 5.18. The van der Waals surface area contributed by atoms with E-state index < -0.39 is 35.5 Å². The molecule has 2 heterocycles. The van der Waals surface area contributed by atoms with Gasteiger partial charge in [-0.05, 0) is 95.3 Å². The van der Waals surface area contributed by atoms with Crippen molar-refractivity contribution in [3.8, 4) is 0 Å². The van der Waals surface area contributed by atoms with Gasteiger partial charge in [0.1, 0.15) is 30.3 Å². The molecule has 5 aromatic rings. The second-order valence-electron chi connectivity index (χ2n) is 14.1. The number of carboxylic acid groups (broad SMARTS) is 1. The molecule has 0 saturated carbocycles. The van der Waals surface area contributed by atoms with Crippen LogP contribution in [0.25, 0.3) is 22.1 Å². The second-order valence-corrected chi connectivity index (χ2v) is 14.1. The number of aromatic nitrogens is 4. The number of nitrogens with one attached hydrogen (secondary N) is 4. The quantitative estimate of drug-likeness (QED) is 0.0883. The number of H-pyrrole nitrogens is 2. The van der Waals surface area contributed by atoms with E-state index in [2.05, 4.69) is 37.7 Å². The number of benzene rings is 3. The van der Waals surface area contributed by atoms with Crippen molar-refractivity contribution < 1.29 is 28.9 Å². The highest BCUT2D eigenvalue weighted by molar-refractivity contribution is 5.77. The Morgan fingerprint density at radius 2 is 1.20 bits per heavy atom. The smallest absolute Gasteiger partial charge is 0.408 e. The molecule has 0 aliphatic carbocycles. The number of hydrogen-bond acceptors (Lipinski definition) is 7. The molecular weight excluding hydrogens is 624 g/mol. The molecule has 12 heteroatoms. The second kappa shape index (κ2) is 15.1. The lowest BCUT2D eigenvalue weighted by Gasteiger charge is -2.24. The Bertz CT molecular complexity index is 1870. The molecular formula is C37H46N6O6. The Labute approximate surface area is 286 Å². The van der Waals surface area contributed by atoms with Crippen LogP contribution in [0.4, 0.5) is 9.59 Å². The summed E-state index contributed by atoms with van der Waals surface area (Å²) in [5.74, 6) is 1.08. The maximum atomic E-state index is 12.8. The van der Waals surface area contributed by atoms with Crippen LogP contribution < -0.4 is 10.6 Å². The SMILES string of the molecule is CC(C)(C)OC[C@H](NC(=O)O)c1nc2ccc(CCc3ccc4nc([C@H](COC(C)(C)C)NC(=O)OCc5ccccc5)[nH]c4c3)cc2[nH]1. The third-order valence-corrected chi connectivity index (χ3v) is 7.66. The minimum atomic E-state index is -1.14. The van der Waals surface area contributed by atoms with Crippen molar-refractivity contribution in [1.29, 1.82) is 0 Å². The topological polar surface area (TPSA) is 163 Å². The van der Waals surface area contributed by atoms with Crippen molar-refractivity contribution in [1.82, 2.24) is 30.6 Å². The Balaban J connectivity index is 1.26. The molecule has 0 aliphatic heterocycles. The first-order valence-corrected chi connectivity index (χ1v) is 16.4. The van der Waals surface area contributed by atoms with E-state index >= 15 is 0 Å². The predicted octanol–water partition coefficient (Wildman–Crippen LogP) is 7.13. The van der Waals surface area contributed by atoms with E-state index in [1.807, 2.05) is 96.1 Å². The van der Waals surface area contributed by atoms with E-state index in [0.717, 1.165) is 51.6 Å². The molecule has 2 aromatic heterocycles. The van der Waals surface area contributed by atoms with Gasteiger partial charge in [0.2, 0.25) is 0 Å². The molecule has 0 fully saturated rings. The van der Waals surface area contributed by atoms with Gasteiger partial charge in [0.05, 0.1) is 46.5 Å². The van der Waals surface area contributed by atoms with Crippen molar-refractivity contribution >= 4 is 34.3 Å². The summed E-state index contributed by atoms with van der Waals surface area (Å²) in [6.45, 7) is 12.2. The number of aryl methyl sites for hydroxylation is 2. The molecule has 0 aliphatic rings. The fourth-order valence-corrected chi connectivity index (χ4v) is 5.18. The minimum Gasteiger partial charge on any atom is -0.465 e. The number of aromatic amines is 2. The van der Waals surface area contributed by atoms with E-state index in [0.29, 0.717) is 11.6 Å². The van der Waals surface area contributed by atoms with Gasteiger partial charge < -0.3 is 39.9 Å². The molecule has 0 unspecified atom stereocenters. The Hall–Kier alpha value is -4.94. The maximum Gasteiger partial charge on any atom is 0.408 e. The van der Waals surface area contributed by atoms with Crippen LogP contribution in [0.3, 0.4) is 0 Å². The highest BCUT2D eigenvalue weighted by Crippen LogP contribution is 2.23. The molecule has 0 bridgehead atoms.